The summed E-state index contributed by atoms with van der Waals surface area (Å²) >= 11 is 1.45. The summed E-state index contributed by atoms with van der Waals surface area (Å²) in [6.45, 7) is 6.36. The molecule has 1 aromatic heterocycles. The van der Waals surface area contributed by atoms with Gasteiger partial charge in [-0.2, -0.15) is 9.30 Å². The lowest BCUT2D eigenvalue weighted by Gasteiger charge is -2.21. The maximum atomic E-state index is 13.1. The molecular formula is C22H25N3O3S2. The first kappa shape index (κ1) is 21.0. The van der Waals surface area contributed by atoms with Crippen LogP contribution in [0.4, 0.5) is 0 Å². The number of nitrogens with zero attached hydrogens (tertiary/aromatic N) is 3. The van der Waals surface area contributed by atoms with E-state index in [2.05, 4.69) is 31.0 Å². The predicted octanol–water partition coefficient (Wildman–Crippen LogP) is 3.45. The molecule has 1 saturated heterocycles. The maximum Gasteiger partial charge on any atom is 0.266 e. The molecule has 2 heterocycles. The Labute approximate surface area is 180 Å². The Kier molecular flexibility index (Phi) is 5.42. The summed E-state index contributed by atoms with van der Waals surface area (Å²) in [5, 5.41) is 0. The first-order valence-electron chi connectivity index (χ1n) is 9.92. The van der Waals surface area contributed by atoms with Crippen molar-refractivity contribution in [1.82, 2.24) is 8.87 Å². The molecule has 1 fully saturated rings. The van der Waals surface area contributed by atoms with Gasteiger partial charge in [0.15, 0.2) is 4.80 Å². The van der Waals surface area contributed by atoms with E-state index >= 15 is 0 Å². The highest BCUT2D eigenvalue weighted by Crippen LogP contribution is 2.27. The van der Waals surface area contributed by atoms with E-state index in [1.807, 2.05) is 18.5 Å². The Morgan fingerprint density at radius 3 is 2.47 bits per heavy atom. The average Bonchev–Trinajstić information content (AvgIpc) is 3.30. The van der Waals surface area contributed by atoms with Crippen LogP contribution < -0.4 is 4.80 Å². The van der Waals surface area contributed by atoms with Crippen molar-refractivity contribution in [3.8, 4) is 0 Å². The molecule has 0 bridgehead atoms. The van der Waals surface area contributed by atoms with Crippen LogP contribution in [0, 0.1) is 20.8 Å². The lowest BCUT2D eigenvalue weighted by molar-refractivity contribution is -0.121. The Morgan fingerprint density at radius 1 is 1.10 bits per heavy atom. The molecule has 0 aliphatic carbocycles. The Morgan fingerprint density at radius 2 is 1.77 bits per heavy atom. The molecule has 1 unspecified atom stereocenters. The molecule has 1 aliphatic heterocycles. The standard InChI is InChI=1S/C22H25N3O3S2/c1-14-7-9-17(10-8-14)30(27,28)25-11-5-6-18(25)21(26)23-22-24(4)19-12-15(2)16(3)13-20(19)29-22/h7-10,12-13,18H,5-6,11H2,1-4H3. The minimum absolute atomic E-state index is 0.214. The van der Waals surface area contributed by atoms with Gasteiger partial charge in [-0.15, -0.1) is 0 Å². The minimum Gasteiger partial charge on any atom is -0.319 e. The molecular weight excluding hydrogens is 418 g/mol. The van der Waals surface area contributed by atoms with Crippen LogP contribution in [0.3, 0.4) is 0 Å². The third-order valence-electron chi connectivity index (χ3n) is 5.75. The number of aryl methyl sites for hydroxylation is 4. The van der Waals surface area contributed by atoms with Crippen LogP contribution in [0.5, 0.6) is 0 Å². The number of thiazole rings is 1. The highest BCUT2D eigenvalue weighted by molar-refractivity contribution is 7.89. The average molecular weight is 444 g/mol. The van der Waals surface area contributed by atoms with E-state index in [0.717, 1.165) is 15.8 Å². The van der Waals surface area contributed by atoms with Gasteiger partial charge in [-0.1, -0.05) is 29.0 Å². The van der Waals surface area contributed by atoms with Gasteiger partial charge >= 0.3 is 0 Å². The molecule has 8 heteroatoms. The molecule has 1 amide bonds. The fourth-order valence-corrected chi connectivity index (χ4v) is 6.53. The summed E-state index contributed by atoms with van der Waals surface area (Å²) in [6, 6.07) is 10.2. The maximum absolute atomic E-state index is 13.1. The van der Waals surface area contributed by atoms with E-state index in [4.69, 9.17) is 0 Å². The summed E-state index contributed by atoms with van der Waals surface area (Å²) in [5.74, 6) is -0.404. The van der Waals surface area contributed by atoms with Crippen LogP contribution in [-0.2, 0) is 21.9 Å². The first-order chi connectivity index (χ1) is 14.2. The van der Waals surface area contributed by atoms with E-state index in [1.165, 1.54) is 26.8 Å². The van der Waals surface area contributed by atoms with Crippen molar-refractivity contribution in [1.29, 1.82) is 0 Å². The summed E-state index contributed by atoms with van der Waals surface area (Å²) in [7, 11) is -1.85. The monoisotopic (exact) mass is 443 g/mol. The highest BCUT2D eigenvalue weighted by Gasteiger charge is 2.39. The van der Waals surface area contributed by atoms with Crippen LogP contribution in [0.15, 0.2) is 46.3 Å². The van der Waals surface area contributed by atoms with Gasteiger partial charge in [0.1, 0.15) is 6.04 Å². The third kappa shape index (κ3) is 3.64. The van der Waals surface area contributed by atoms with Crippen molar-refractivity contribution in [2.24, 2.45) is 12.0 Å². The molecule has 0 radical (unpaired) electrons. The number of hydrogen-bond acceptors (Lipinski definition) is 4. The van der Waals surface area contributed by atoms with Crippen LogP contribution >= 0.6 is 11.3 Å². The number of carbonyl (C=O) groups is 1. The van der Waals surface area contributed by atoms with Crippen molar-refractivity contribution >= 4 is 37.5 Å². The first-order valence-corrected chi connectivity index (χ1v) is 12.2. The SMILES string of the molecule is Cc1ccc(S(=O)(=O)N2CCCC2C(=O)N=c2sc3cc(C)c(C)cc3n2C)cc1. The van der Waals surface area contributed by atoms with Gasteiger partial charge in [0, 0.05) is 13.6 Å². The minimum atomic E-state index is -3.74. The largest absolute Gasteiger partial charge is 0.319 e. The third-order valence-corrected chi connectivity index (χ3v) is 8.76. The second-order valence-corrected chi connectivity index (χ2v) is 10.8. The summed E-state index contributed by atoms with van der Waals surface area (Å²) < 4.78 is 30.5. The van der Waals surface area contributed by atoms with Crippen molar-refractivity contribution in [3.05, 3.63) is 57.9 Å². The van der Waals surface area contributed by atoms with Gasteiger partial charge in [0.05, 0.1) is 15.1 Å². The zero-order valence-electron chi connectivity index (χ0n) is 17.5. The van der Waals surface area contributed by atoms with Crippen LogP contribution in [0.25, 0.3) is 10.2 Å². The normalized spacial score (nSPS) is 18.4. The van der Waals surface area contributed by atoms with Crippen LogP contribution in [-0.4, -0.2) is 35.8 Å². The smallest absolute Gasteiger partial charge is 0.266 e. The van der Waals surface area contributed by atoms with E-state index in [0.29, 0.717) is 24.2 Å². The summed E-state index contributed by atoms with van der Waals surface area (Å²) in [4.78, 5) is 18.2. The molecule has 30 heavy (non-hydrogen) atoms. The second kappa shape index (κ2) is 7.76. The zero-order valence-corrected chi connectivity index (χ0v) is 19.2. The lowest BCUT2D eigenvalue weighted by atomic mass is 10.1. The number of carbonyl (C=O) groups excluding carboxylic acids is 1. The van der Waals surface area contributed by atoms with Crippen molar-refractivity contribution in [2.75, 3.05) is 6.54 Å². The molecule has 4 rings (SSSR count). The molecule has 2 aromatic carbocycles. The predicted molar refractivity (Wildman–Crippen MR) is 119 cm³/mol. The summed E-state index contributed by atoms with van der Waals surface area (Å²) in [6.07, 6.45) is 1.13. The lowest BCUT2D eigenvalue weighted by Crippen LogP contribution is -2.40. The van der Waals surface area contributed by atoms with E-state index in [-0.39, 0.29) is 4.90 Å². The number of rotatable bonds is 3. The van der Waals surface area contributed by atoms with Crippen molar-refractivity contribution < 1.29 is 13.2 Å². The number of amides is 1. The molecule has 1 aliphatic rings. The van der Waals surface area contributed by atoms with Gasteiger partial charge in [-0.05, 0) is 69.0 Å². The second-order valence-electron chi connectivity index (χ2n) is 7.88. The number of sulfonamides is 1. The fraction of sp³-hybridized carbons (Fsp3) is 0.364. The topological polar surface area (TPSA) is 71.7 Å². The molecule has 1 atom stereocenters. The van der Waals surface area contributed by atoms with Gasteiger partial charge in [-0.3, -0.25) is 4.79 Å². The number of fused-ring (bicyclic) bond motifs is 1. The van der Waals surface area contributed by atoms with E-state index < -0.39 is 22.0 Å². The van der Waals surface area contributed by atoms with Crippen molar-refractivity contribution in [2.45, 2.75) is 44.6 Å². The number of benzene rings is 2. The number of hydrogen-bond donors (Lipinski definition) is 0. The van der Waals surface area contributed by atoms with Crippen molar-refractivity contribution in [3.63, 3.8) is 0 Å². The Balaban J connectivity index is 1.70. The molecule has 6 nitrogen and oxygen atoms in total. The van der Waals surface area contributed by atoms with E-state index in [9.17, 15) is 13.2 Å². The van der Waals surface area contributed by atoms with Crippen LogP contribution in [0.2, 0.25) is 0 Å². The number of aromatic nitrogens is 1. The summed E-state index contributed by atoms with van der Waals surface area (Å²) in [5.41, 5.74) is 4.37. The van der Waals surface area contributed by atoms with E-state index in [1.54, 1.807) is 24.3 Å². The zero-order chi connectivity index (χ0) is 21.6. The highest BCUT2D eigenvalue weighted by atomic mass is 32.2. The molecule has 158 valence electrons. The quantitative estimate of drug-likeness (QED) is 0.622. The Hall–Kier alpha value is -2.29. The molecule has 3 aromatic rings. The van der Waals surface area contributed by atoms with Gasteiger partial charge < -0.3 is 4.57 Å². The Bertz CT molecular complexity index is 1300. The molecule has 0 spiro atoms. The van der Waals surface area contributed by atoms with Gasteiger partial charge in [0.25, 0.3) is 5.91 Å². The van der Waals surface area contributed by atoms with Gasteiger partial charge in [-0.25, -0.2) is 8.42 Å². The van der Waals surface area contributed by atoms with Gasteiger partial charge in [0.2, 0.25) is 10.0 Å². The van der Waals surface area contributed by atoms with Crippen LogP contribution in [0.1, 0.15) is 29.5 Å². The molecule has 0 saturated carbocycles. The molecule has 0 N–H and O–H groups in total. The fourth-order valence-electron chi connectivity index (χ4n) is 3.78.